The van der Waals surface area contributed by atoms with Gasteiger partial charge in [0, 0.05) is 30.2 Å². The standard InChI is InChI=1S/C13H16N4O2/c1-7(13(18)19)11-8(2)14-12(15-9(11)3)10-5-6-17(4)16-10/h5-7H,1-4H3,(H,18,19). The third-order valence-corrected chi connectivity index (χ3v) is 3.07. The van der Waals surface area contributed by atoms with Crippen LogP contribution >= 0.6 is 0 Å². The number of hydrogen-bond acceptors (Lipinski definition) is 4. The van der Waals surface area contributed by atoms with Crippen molar-refractivity contribution >= 4 is 5.97 Å². The van der Waals surface area contributed by atoms with Crippen LogP contribution in [0.15, 0.2) is 12.3 Å². The summed E-state index contributed by atoms with van der Waals surface area (Å²) in [7, 11) is 1.82. The number of nitrogens with zero attached hydrogens (tertiary/aromatic N) is 4. The Morgan fingerprint density at radius 2 is 1.89 bits per heavy atom. The van der Waals surface area contributed by atoms with Gasteiger partial charge in [-0.1, -0.05) is 0 Å². The Morgan fingerprint density at radius 1 is 1.32 bits per heavy atom. The third-order valence-electron chi connectivity index (χ3n) is 3.07. The fourth-order valence-corrected chi connectivity index (χ4v) is 2.12. The summed E-state index contributed by atoms with van der Waals surface area (Å²) >= 11 is 0. The molecule has 0 amide bonds. The molecule has 1 atom stereocenters. The molecular formula is C13H16N4O2. The topological polar surface area (TPSA) is 80.9 Å². The van der Waals surface area contributed by atoms with E-state index in [2.05, 4.69) is 15.1 Å². The summed E-state index contributed by atoms with van der Waals surface area (Å²) < 4.78 is 1.68. The minimum atomic E-state index is -0.875. The highest BCUT2D eigenvalue weighted by atomic mass is 16.4. The molecule has 2 aromatic rings. The number of aliphatic carboxylic acids is 1. The zero-order valence-electron chi connectivity index (χ0n) is 11.4. The number of rotatable bonds is 3. The Hall–Kier alpha value is -2.24. The molecule has 2 rings (SSSR count). The summed E-state index contributed by atoms with van der Waals surface area (Å²) in [5.41, 5.74) is 2.72. The second kappa shape index (κ2) is 4.79. The molecule has 0 saturated heterocycles. The van der Waals surface area contributed by atoms with Gasteiger partial charge in [-0.15, -0.1) is 0 Å². The largest absolute Gasteiger partial charge is 0.481 e. The molecular weight excluding hydrogens is 244 g/mol. The number of hydrogen-bond donors (Lipinski definition) is 1. The first kappa shape index (κ1) is 13.2. The van der Waals surface area contributed by atoms with Crippen molar-refractivity contribution < 1.29 is 9.90 Å². The minimum absolute atomic E-state index is 0.525. The average Bonchev–Trinajstić information content (AvgIpc) is 2.74. The molecule has 6 nitrogen and oxygen atoms in total. The Morgan fingerprint density at radius 3 is 2.32 bits per heavy atom. The molecule has 1 N–H and O–H groups in total. The summed E-state index contributed by atoms with van der Waals surface area (Å²) in [5.74, 6) is -0.963. The van der Waals surface area contributed by atoms with E-state index in [9.17, 15) is 4.79 Å². The number of carboxylic acid groups (broad SMARTS) is 1. The second-order valence-corrected chi connectivity index (χ2v) is 4.57. The zero-order chi connectivity index (χ0) is 14.2. The van der Waals surface area contributed by atoms with Crippen molar-refractivity contribution in [3.05, 3.63) is 29.2 Å². The van der Waals surface area contributed by atoms with Gasteiger partial charge >= 0.3 is 5.97 Å². The molecule has 0 radical (unpaired) electrons. The normalized spacial score (nSPS) is 12.4. The highest BCUT2D eigenvalue weighted by molar-refractivity contribution is 5.76. The molecule has 6 heteroatoms. The second-order valence-electron chi connectivity index (χ2n) is 4.57. The molecule has 0 aliphatic rings. The van der Waals surface area contributed by atoms with Crippen LogP contribution in [-0.4, -0.2) is 30.8 Å². The SMILES string of the molecule is Cc1nc(-c2ccn(C)n2)nc(C)c1C(C)C(=O)O. The molecule has 1 unspecified atom stereocenters. The van der Waals surface area contributed by atoms with E-state index in [1.165, 1.54) is 0 Å². The van der Waals surface area contributed by atoms with Crippen LogP contribution < -0.4 is 0 Å². The maximum atomic E-state index is 11.1. The van der Waals surface area contributed by atoms with Gasteiger partial charge in [-0.25, -0.2) is 9.97 Å². The highest BCUT2D eigenvalue weighted by Crippen LogP contribution is 2.24. The molecule has 19 heavy (non-hydrogen) atoms. The molecule has 0 aliphatic heterocycles. The van der Waals surface area contributed by atoms with Crippen molar-refractivity contribution in [3.8, 4) is 11.5 Å². The lowest BCUT2D eigenvalue weighted by Gasteiger charge is -2.13. The third kappa shape index (κ3) is 2.47. The van der Waals surface area contributed by atoms with Crippen molar-refractivity contribution in [1.29, 1.82) is 0 Å². The van der Waals surface area contributed by atoms with Gasteiger partial charge in [-0.05, 0) is 26.8 Å². The molecule has 0 spiro atoms. The average molecular weight is 260 g/mol. The summed E-state index contributed by atoms with van der Waals surface area (Å²) in [6.45, 7) is 5.24. The lowest BCUT2D eigenvalue weighted by atomic mass is 9.98. The predicted molar refractivity (Wildman–Crippen MR) is 69.8 cm³/mol. The Labute approximate surface area is 111 Å². The summed E-state index contributed by atoms with van der Waals surface area (Å²) in [6, 6.07) is 1.83. The van der Waals surface area contributed by atoms with E-state index in [1.54, 1.807) is 25.5 Å². The number of carbonyl (C=O) groups is 1. The summed E-state index contributed by atoms with van der Waals surface area (Å²) in [4.78, 5) is 19.8. The Balaban J connectivity index is 2.51. The van der Waals surface area contributed by atoms with Crippen LogP contribution in [0, 0.1) is 13.8 Å². The number of aryl methyl sites for hydroxylation is 3. The number of carboxylic acids is 1. The van der Waals surface area contributed by atoms with Gasteiger partial charge in [0.15, 0.2) is 5.82 Å². The van der Waals surface area contributed by atoms with Crippen molar-refractivity contribution in [3.63, 3.8) is 0 Å². The van der Waals surface area contributed by atoms with Crippen molar-refractivity contribution in [2.24, 2.45) is 7.05 Å². The first-order valence-electron chi connectivity index (χ1n) is 5.98. The van der Waals surface area contributed by atoms with Gasteiger partial charge in [0.1, 0.15) is 5.69 Å². The molecule has 0 aromatic carbocycles. The highest BCUT2D eigenvalue weighted by Gasteiger charge is 2.21. The smallest absolute Gasteiger partial charge is 0.310 e. The molecule has 100 valence electrons. The lowest BCUT2D eigenvalue weighted by Crippen LogP contribution is -2.13. The number of aromatic nitrogens is 4. The van der Waals surface area contributed by atoms with Gasteiger partial charge in [-0.2, -0.15) is 5.10 Å². The quantitative estimate of drug-likeness (QED) is 0.908. The molecule has 0 fully saturated rings. The maximum absolute atomic E-state index is 11.1. The summed E-state index contributed by atoms with van der Waals surface area (Å²) in [6.07, 6.45) is 1.82. The van der Waals surface area contributed by atoms with E-state index >= 15 is 0 Å². The van der Waals surface area contributed by atoms with Crippen molar-refractivity contribution in [1.82, 2.24) is 19.7 Å². The molecule has 2 heterocycles. The van der Waals surface area contributed by atoms with Crippen LogP contribution in [0.3, 0.4) is 0 Å². The van der Waals surface area contributed by atoms with E-state index in [-0.39, 0.29) is 0 Å². The Bertz CT molecular complexity index is 610. The molecule has 0 saturated carbocycles. The van der Waals surface area contributed by atoms with Crippen LogP contribution in [0.1, 0.15) is 29.8 Å². The van der Waals surface area contributed by atoms with Crippen LogP contribution in [0.25, 0.3) is 11.5 Å². The van der Waals surface area contributed by atoms with Gasteiger partial charge in [0.25, 0.3) is 0 Å². The minimum Gasteiger partial charge on any atom is -0.481 e. The van der Waals surface area contributed by atoms with Crippen molar-refractivity contribution in [2.75, 3.05) is 0 Å². The van der Waals surface area contributed by atoms with E-state index in [1.807, 2.05) is 19.3 Å². The van der Waals surface area contributed by atoms with Crippen LogP contribution in [0.4, 0.5) is 0 Å². The predicted octanol–water partition coefficient (Wildman–Crippen LogP) is 1.68. The van der Waals surface area contributed by atoms with Gasteiger partial charge in [-0.3, -0.25) is 9.48 Å². The van der Waals surface area contributed by atoms with Gasteiger partial charge in [0.2, 0.25) is 0 Å². The van der Waals surface area contributed by atoms with Crippen LogP contribution in [0.2, 0.25) is 0 Å². The monoisotopic (exact) mass is 260 g/mol. The van der Waals surface area contributed by atoms with E-state index in [4.69, 9.17) is 5.11 Å². The first-order valence-corrected chi connectivity index (χ1v) is 5.98. The van der Waals surface area contributed by atoms with Crippen LogP contribution in [-0.2, 0) is 11.8 Å². The van der Waals surface area contributed by atoms with E-state index in [0.717, 1.165) is 0 Å². The molecule has 2 aromatic heterocycles. The van der Waals surface area contributed by atoms with Crippen molar-refractivity contribution in [2.45, 2.75) is 26.7 Å². The first-order chi connectivity index (χ1) is 8.90. The van der Waals surface area contributed by atoms with Crippen LogP contribution in [0.5, 0.6) is 0 Å². The fourth-order valence-electron chi connectivity index (χ4n) is 2.12. The Kier molecular flexibility index (Phi) is 3.33. The zero-order valence-corrected chi connectivity index (χ0v) is 11.4. The molecule has 0 bridgehead atoms. The van der Waals surface area contributed by atoms with E-state index < -0.39 is 11.9 Å². The van der Waals surface area contributed by atoms with E-state index in [0.29, 0.717) is 28.5 Å². The molecule has 0 aliphatic carbocycles. The van der Waals surface area contributed by atoms with Gasteiger partial charge < -0.3 is 5.11 Å². The fraction of sp³-hybridized carbons (Fsp3) is 0.385. The van der Waals surface area contributed by atoms with Gasteiger partial charge in [0.05, 0.1) is 5.92 Å². The maximum Gasteiger partial charge on any atom is 0.310 e. The lowest BCUT2D eigenvalue weighted by molar-refractivity contribution is -0.138. The summed E-state index contributed by atoms with van der Waals surface area (Å²) in [5, 5.41) is 13.4.